The summed E-state index contributed by atoms with van der Waals surface area (Å²) in [4.78, 5) is 1.46. The fourth-order valence-electron chi connectivity index (χ4n) is 1.67. The molecule has 1 aliphatic rings. The van der Waals surface area contributed by atoms with Gasteiger partial charge in [-0.25, -0.2) is 0 Å². The number of hydrogen-bond donors (Lipinski definition) is 1. The molecule has 0 aromatic heterocycles. The summed E-state index contributed by atoms with van der Waals surface area (Å²) in [5.41, 5.74) is 0. The Bertz CT molecular complexity index is 728. The minimum atomic E-state index is -4.18. The normalized spacial score (nSPS) is 12.7. The monoisotopic (exact) mass is 303 g/mol. The van der Waals surface area contributed by atoms with Crippen LogP contribution in [0.25, 0.3) is 0 Å². The predicted octanol–water partition coefficient (Wildman–Crippen LogP) is 2.81. The molecular weight excluding hydrogens is 295 g/mol. The summed E-state index contributed by atoms with van der Waals surface area (Å²) in [5, 5.41) is 0. The van der Waals surface area contributed by atoms with E-state index < -0.39 is 10.1 Å². The Kier molecular flexibility index (Phi) is 4.29. The van der Waals surface area contributed by atoms with Gasteiger partial charge in [-0.2, -0.15) is 8.42 Å². The van der Waals surface area contributed by atoms with Crippen LogP contribution in [0, 0.1) is 0 Å². The van der Waals surface area contributed by atoms with Gasteiger partial charge in [0.15, 0.2) is 0 Å². The van der Waals surface area contributed by atoms with Crippen molar-refractivity contribution in [1.29, 1.82) is 0 Å². The molecule has 0 saturated heterocycles. The van der Waals surface area contributed by atoms with E-state index in [0.717, 1.165) is 10.6 Å². The van der Waals surface area contributed by atoms with Crippen molar-refractivity contribution >= 4 is 51.4 Å². The zero-order valence-corrected chi connectivity index (χ0v) is 13.7. The summed E-state index contributed by atoms with van der Waals surface area (Å²) in [6.07, 6.45) is 0. The first-order chi connectivity index (χ1) is 8.54. The Morgan fingerprint density at radius 3 is 2.42 bits per heavy atom. The molecule has 7 heteroatoms. The molecule has 0 unspecified atom stereocenters. The molecule has 1 N–H and O–H groups in total. The molecule has 0 fully saturated rings. The molecule has 2 aromatic carbocycles. The van der Waals surface area contributed by atoms with E-state index in [1.807, 2.05) is 24.3 Å². The van der Waals surface area contributed by atoms with Crippen LogP contribution in [-0.2, 0) is 10.1 Å². The molecule has 19 heavy (non-hydrogen) atoms. The van der Waals surface area contributed by atoms with Gasteiger partial charge in [0.2, 0.25) is 0 Å². The van der Waals surface area contributed by atoms with Gasteiger partial charge in [-0.05, 0) is 30.3 Å². The number of fused-ring (bicyclic) bond motifs is 2. The third-order valence-corrected chi connectivity index (χ3v) is 4.45. The maximum atomic E-state index is 11.1. The van der Waals surface area contributed by atoms with Gasteiger partial charge in [0.05, 0.1) is 14.7 Å². The standard InChI is InChI=1S/C12H8O4S2.Na/c13-18(14,15)8-5-6-10-12(7-8)17-11-4-2-1-3-9(11)16-10;/h1-7H,(H,13,14,15);. The molecule has 4 nitrogen and oxygen atoms in total. The van der Waals surface area contributed by atoms with Crippen molar-refractivity contribution in [1.82, 2.24) is 0 Å². The maximum Gasteiger partial charge on any atom is 0.294 e. The van der Waals surface area contributed by atoms with Crippen LogP contribution >= 0.6 is 11.8 Å². The molecule has 1 radical (unpaired) electrons. The first-order valence-corrected chi connectivity index (χ1v) is 7.36. The van der Waals surface area contributed by atoms with Crippen LogP contribution in [0.1, 0.15) is 0 Å². The van der Waals surface area contributed by atoms with E-state index in [2.05, 4.69) is 0 Å². The van der Waals surface area contributed by atoms with Crippen molar-refractivity contribution in [3.8, 4) is 11.5 Å². The van der Waals surface area contributed by atoms with E-state index >= 15 is 0 Å². The number of para-hydroxylation sites is 1. The van der Waals surface area contributed by atoms with Crippen molar-refractivity contribution in [2.45, 2.75) is 14.7 Å². The molecule has 1 aliphatic heterocycles. The third-order valence-electron chi connectivity index (χ3n) is 2.50. The van der Waals surface area contributed by atoms with Crippen LogP contribution in [-0.4, -0.2) is 42.5 Å². The molecular formula is C12H8NaO4S2. The number of benzene rings is 2. The zero-order chi connectivity index (χ0) is 12.8. The average Bonchev–Trinajstić information content (AvgIpc) is 2.34. The molecule has 0 bridgehead atoms. The SMILES string of the molecule is O=S(=O)(O)c1ccc2c(c1)Sc1ccccc1O2.[Na]. The summed E-state index contributed by atoms with van der Waals surface area (Å²) in [6, 6.07) is 11.8. The van der Waals surface area contributed by atoms with Crippen molar-refractivity contribution in [3.05, 3.63) is 42.5 Å². The van der Waals surface area contributed by atoms with Crippen LogP contribution in [0.3, 0.4) is 0 Å². The molecule has 3 rings (SSSR count). The Balaban J connectivity index is 0.00000133. The van der Waals surface area contributed by atoms with Crippen LogP contribution in [0.2, 0.25) is 0 Å². The summed E-state index contributed by atoms with van der Waals surface area (Å²) in [5.74, 6) is 1.33. The van der Waals surface area contributed by atoms with Crippen molar-refractivity contribution in [2.24, 2.45) is 0 Å². The Hall–Kier alpha value is -0.500. The minimum Gasteiger partial charge on any atom is -0.455 e. The van der Waals surface area contributed by atoms with Gasteiger partial charge in [0, 0.05) is 29.6 Å². The second-order valence-corrected chi connectivity index (χ2v) is 6.24. The average molecular weight is 303 g/mol. The fourth-order valence-corrected chi connectivity index (χ4v) is 3.24. The van der Waals surface area contributed by atoms with Gasteiger partial charge in [-0.3, -0.25) is 4.55 Å². The quantitative estimate of drug-likeness (QED) is 0.553. The van der Waals surface area contributed by atoms with E-state index in [9.17, 15) is 8.42 Å². The summed E-state index contributed by atoms with van der Waals surface area (Å²) in [6.45, 7) is 0. The smallest absolute Gasteiger partial charge is 0.294 e. The van der Waals surface area contributed by atoms with E-state index in [1.54, 1.807) is 6.07 Å². The predicted molar refractivity (Wildman–Crippen MR) is 72.6 cm³/mol. The fraction of sp³-hybridized carbons (Fsp3) is 0. The van der Waals surface area contributed by atoms with Crippen molar-refractivity contribution in [2.75, 3.05) is 0 Å². The Morgan fingerprint density at radius 2 is 1.68 bits per heavy atom. The largest absolute Gasteiger partial charge is 0.455 e. The number of ether oxygens (including phenoxy) is 1. The van der Waals surface area contributed by atoms with Crippen LogP contribution in [0.15, 0.2) is 57.2 Å². The van der Waals surface area contributed by atoms with E-state index in [4.69, 9.17) is 9.29 Å². The molecule has 2 aromatic rings. The van der Waals surface area contributed by atoms with Gasteiger partial charge in [0.25, 0.3) is 10.1 Å². The van der Waals surface area contributed by atoms with E-state index in [-0.39, 0.29) is 34.5 Å². The Morgan fingerprint density at radius 1 is 1.00 bits per heavy atom. The van der Waals surface area contributed by atoms with Gasteiger partial charge in [-0.1, -0.05) is 23.9 Å². The molecule has 0 atom stereocenters. The van der Waals surface area contributed by atoms with Gasteiger partial charge >= 0.3 is 0 Å². The zero-order valence-electron chi connectivity index (χ0n) is 10.0. The second-order valence-electron chi connectivity index (χ2n) is 3.73. The number of rotatable bonds is 1. The van der Waals surface area contributed by atoms with Gasteiger partial charge in [-0.15, -0.1) is 0 Å². The van der Waals surface area contributed by atoms with Crippen molar-refractivity contribution < 1.29 is 17.7 Å². The first-order valence-electron chi connectivity index (χ1n) is 5.10. The number of hydrogen-bond acceptors (Lipinski definition) is 4. The summed E-state index contributed by atoms with van der Waals surface area (Å²) >= 11 is 1.41. The Labute approximate surface area is 137 Å². The first kappa shape index (κ1) is 14.9. The maximum absolute atomic E-state index is 11.1. The van der Waals surface area contributed by atoms with Gasteiger partial charge in [0.1, 0.15) is 11.5 Å². The molecule has 93 valence electrons. The van der Waals surface area contributed by atoms with Crippen LogP contribution in [0.4, 0.5) is 0 Å². The third kappa shape index (κ3) is 2.99. The van der Waals surface area contributed by atoms with Crippen LogP contribution in [0.5, 0.6) is 11.5 Å². The second kappa shape index (κ2) is 5.47. The molecule has 0 spiro atoms. The minimum absolute atomic E-state index is 0. The summed E-state index contributed by atoms with van der Waals surface area (Å²) < 4.78 is 36.8. The van der Waals surface area contributed by atoms with Crippen molar-refractivity contribution in [3.63, 3.8) is 0 Å². The molecule has 0 aliphatic carbocycles. The van der Waals surface area contributed by atoms with Crippen LogP contribution < -0.4 is 4.74 Å². The van der Waals surface area contributed by atoms with E-state index in [1.165, 1.54) is 23.9 Å². The topological polar surface area (TPSA) is 63.6 Å². The molecule has 0 amide bonds. The summed E-state index contributed by atoms with van der Waals surface area (Å²) in [7, 11) is -4.18. The molecule has 0 saturated carbocycles. The molecule has 1 heterocycles. The van der Waals surface area contributed by atoms with Gasteiger partial charge < -0.3 is 4.74 Å². The van der Waals surface area contributed by atoms with E-state index in [0.29, 0.717) is 10.6 Å².